The summed E-state index contributed by atoms with van der Waals surface area (Å²) in [6.45, 7) is 0. The quantitative estimate of drug-likeness (QED) is 0.840. The second-order valence-corrected chi connectivity index (χ2v) is 4.44. The molecule has 0 aliphatic heterocycles. The molecule has 0 saturated carbocycles. The van der Waals surface area contributed by atoms with Gasteiger partial charge in [-0.1, -0.05) is 11.6 Å². The topological polar surface area (TPSA) is 80.9 Å². The highest BCUT2D eigenvalue weighted by atomic mass is 35.5. The molecule has 0 spiro atoms. The van der Waals surface area contributed by atoms with Gasteiger partial charge in [-0.15, -0.1) is 0 Å². The Bertz CT molecular complexity index is 574. The van der Waals surface area contributed by atoms with E-state index in [9.17, 15) is 4.79 Å². The first-order valence-electron chi connectivity index (χ1n) is 5.74. The van der Waals surface area contributed by atoms with Gasteiger partial charge in [0.2, 0.25) is 5.91 Å². The average molecular weight is 277 g/mol. The number of aromatic nitrogens is 2. The smallest absolute Gasteiger partial charge is 0.224 e. The summed E-state index contributed by atoms with van der Waals surface area (Å²) in [5.74, 6) is -0.115. The molecule has 2 rings (SSSR count). The van der Waals surface area contributed by atoms with Crippen molar-refractivity contribution >= 4 is 28.9 Å². The standard InChI is InChI=1S/C13H13ClN4O/c14-11-5-10(15)2-3-12(11)18-13(19)4-1-9-6-16-8-17-7-9/h2-3,5-8H,1,4,15H2,(H,18,19). The molecule has 0 aliphatic rings. The van der Waals surface area contributed by atoms with E-state index in [1.54, 1.807) is 30.6 Å². The molecular weight excluding hydrogens is 264 g/mol. The molecule has 0 radical (unpaired) electrons. The molecule has 0 aliphatic carbocycles. The number of carbonyl (C=O) groups is 1. The lowest BCUT2D eigenvalue weighted by Gasteiger charge is -2.07. The molecule has 2 aromatic rings. The maximum atomic E-state index is 11.8. The SMILES string of the molecule is Nc1ccc(NC(=O)CCc2cncnc2)c(Cl)c1. The fourth-order valence-electron chi connectivity index (χ4n) is 1.56. The summed E-state index contributed by atoms with van der Waals surface area (Å²) in [5, 5.41) is 3.17. The van der Waals surface area contributed by atoms with E-state index in [-0.39, 0.29) is 5.91 Å². The third-order valence-corrected chi connectivity index (χ3v) is 2.83. The zero-order chi connectivity index (χ0) is 13.7. The van der Waals surface area contributed by atoms with Gasteiger partial charge >= 0.3 is 0 Å². The van der Waals surface area contributed by atoms with Crippen LogP contribution in [-0.4, -0.2) is 15.9 Å². The first-order valence-corrected chi connectivity index (χ1v) is 6.12. The molecule has 19 heavy (non-hydrogen) atoms. The predicted molar refractivity (Wildman–Crippen MR) is 74.8 cm³/mol. The van der Waals surface area contributed by atoms with Crippen molar-refractivity contribution in [3.63, 3.8) is 0 Å². The molecule has 1 aromatic carbocycles. The number of nitrogens with zero attached hydrogens (tertiary/aromatic N) is 2. The monoisotopic (exact) mass is 276 g/mol. The van der Waals surface area contributed by atoms with Crippen LogP contribution in [0.2, 0.25) is 5.02 Å². The zero-order valence-electron chi connectivity index (χ0n) is 10.1. The second kappa shape index (κ2) is 6.15. The highest BCUT2D eigenvalue weighted by molar-refractivity contribution is 6.34. The van der Waals surface area contributed by atoms with Crippen molar-refractivity contribution in [2.75, 3.05) is 11.1 Å². The van der Waals surface area contributed by atoms with Crippen LogP contribution in [0.3, 0.4) is 0 Å². The van der Waals surface area contributed by atoms with E-state index in [1.165, 1.54) is 6.33 Å². The normalized spacial score (nSPS) is 10.2. The maximum absolute atomic E-state index is 11.8. The summed E-state index contributed by atoms with van der Waals surface area (Å²) in [5.41, 5.74) is 7.62. The summed E-state index contributed by atoms with van der Waals surface area (Å²) >= 11 is 5.98. The molecule has 5 nitrogen and oxygen atoms in total. The largest absolute Gasteiger partial charge is 0.399 e. The summed E-state index contributed by atoms with van der Waals surface area (Å²) in [4.78, 5) is 19.6. The summed E-state index contributed by atoms with van der Waals surface area (Å²) in [6, 6.07) is 4.97. The number of carbonyl (C=O) groups excluding carboxylic acids is 1. The van der Waals surface area contributed by atoms with Crippen LogP contribution in [0.15, 0.2) is 36.9 Å². The first-order chi connectivity index (χ1) is 9.15. The molecule has 6 heteroatoms. The molecule has 0 fully saturated rings. The third-order valence-electron chi connectivity index (χ3n) is 2.52. The van der Waals surface area contributed by atoms with E-state index >= 15 is 0 Å². The van der Waals surface area contributed by atoms with Gasteiger partial charge in [0.25, 0.3) is 0 Å². The van der Waals surface area contributed by atoms with E-state index in [4.69, 9.17) is 17.3 Å². The van der Waals surface area contributed by atoms with Crippen LogP contribution in [-0.2, 0) is 11.2 Å². The molecule has 0 atom stereocenters. The van der Waals surface area contributed by atoms with Crippen LogP contribution >= 0.6 is 11.6 Å². The van der Waals surface area contributed by atoms with Crippen LogP contribution < -0.4 is 11.1 Å². The Morgan fingerprint density at radius 2 is 2.05 bits per heavy atom. The maximum Gasteiger partial charge on any atom is 0.224 e. The van der Waals surface area contributed by atoms with E-state index in [0.717, 1.165) is 5.56 Å². The van der Waals surface area contributed by atoms with E-state index in [1.807, 2.05) is 0 Å². The Kier molecular flexibility index (Phi) is 4.30. The number of rotatable bonds is 4. The van der Waals surface area contributed by atoms with Crippen molar-refractivity contribution in [1.82, 2.24) is 9.97 Å². The van der Waals surface area contributed by atoms with Crippen molar-refractivity contribution in [3.8, 4) is 0 Å². The van der Waals surface area contributed by atoms with Crippen molar-refractivity contribution in [3.05, 3.63) is 47.5 Å². The minimum atomic E-state index is -0.115. The Balaban J connectivity index is 1.91. The fraction of sp³-hybridized carbons (Fsp3) is 0.154. The summed E-state index contributed by atoms with van der Waals surface area (Å²) in [6.07, 6.45) is 5.76. The van der Waals surface area contributed by atoms with Gasteiger partial charge in [0.05, 0.1) is 10.7 Å². The van der Waals surface area contributed by atoms with Crippen LogP contribution in [0.25, 0.3) is 0 Å². The van der Waals surface area contributed by atoms with Crippen LogP contribution in [0, 0.1) is 0 Å². The van der Waals surface area contributed by atoms with Gasteiger partial charge < -0.3 is 11.1 Å². The predicted octanol–water partition coefficient (Wildman–Crippen LogP) is 2.28. The molecule has 0 bridgehead atoms. The van der Waals surface area contributed by atoms with Gasteiger partial charge in [-0.25, -0.2) is 9.97 Å². The Morgan fingerprint density at radius 1 is 1.32 bits per heavy atom. The lowest BCUT2D eigenvalue weighted by molar-refractivity contribution is -0.116. The van der Waals surface area contributed by atoms with E-state index < -0.39 is 0 Å². The fourth-order valence-corrected chi connectivity index (χ4v) is 1.80. The van der Waals surface area contributed by atoms with Crippen molar-refractivity contribution in [2.24, 2.45) is 0 Å². The first kappa shape index (κ1) is 13.3. The van der Waals surface area contributed by atoms with Crippen molar-refractivity contribution in [1.29, 1.82) is 0 Å². The molecule has 3 N–H and O–H groups in total. The number of hydrogen-bond donors (Lipinski definition) is 2. The zero-order valence-corrected chi connectivity index (χ0v) is 10.9. The van der Waals surface area contributed by atoms with Gasteiger partial charge in [-0.05, 0) is 30.2 Å². The number of nitrogens with one attached hydrogen (secondary N) is 1. The average Bonchev–Trinajstić information content (AvgIpc) is 2.41. The highest BCUT2D eigenvalue weighted by Crippen LogP contribution is 2.24. The number of benzene rings is 1. The molecule has 0 unspecified atom stereocenters. The number of nitrogens with two attached hydrogens (primary N) is 1. The number of halogens is 1. The number of nitrogen functional groups attached to an aromatic ring is 1. The highest BCUT2D eigenvalue weighted by Gasteiger charge is 2.06. The van der Waals surface area contributed by atoms with Gasteiger partial charge in [-0.2, -0.15) is 0 Å². The Hall–Kier alpha value is -2.14. The van der Waals surface area contributed by atoms with Gasteiger partial charge in [0, 0.05) is 24.5 Å². The summed E-state index contributed by atoms with van der Waals surface area (Å²) in [7, 11) is 0. The lowest BCUT2D eigenvalue weighted by atomic mass is 10.2. The molecule has 98 valence electrons. The molecular formula is C13H13ClN4O. The van der Waals surface area contributed by atoms with Crippen LogP contribution in [0.1, 0.15) is 12.0 Å². The summed E-state index contributed by atoms with van der Waals surface area (Å²) < 4.78 is 0. The van der Waals surface area contributed by atoms with Gasteiger partial charge in [0.15, 0.2) is 0 Å². The van der Waals surface area contributed by atoms with Crippen molar-refractivity contribution in [2.45, 2.75) is 12.8 Å². The minimum Gasteiger partial charge on any atom is -0.399 e. The van der Waals surface area contributed by atoms with Crippen LogP contribution in [0.5, 0.6) is 0 Å². The second-order valence-electron chi connectivity index (χ2n) is 4.03. The number of hydrogen-bond acceptors (Lipinski definition) is 4. The van der Waals surface area contributed by atoms with Gasteiger partial charge in [0.1, 0.15) is 6.33 Å². The Morgan fingerprint density at radius 3 is 2.74 bits per heavy atom. The van der Waals surface area contributed by atoms with Gasteiger partial charge in [-0.3, -0.25) is 4.79 Å². The molecule has 1 amide bonds. The number of anilines is 2. The number of aryl methyl sites for hydroxylation is 1. The van der Waals surface area contributed by atoms with E-state index in [0.29, 0.717) is 29.2 Å². The van der Waals surface area contributed by atoms with E-state index in [2.05, 4.69) is 15.3 Å². The molecule has 1 aromatic heterocycles. The van der Waals surface area contributed by atoms with Crippen LogP contribution in [0.4, 0.5) is 11.4 Å². The lowest BCUT2D eigenvalue weighted by Crippen LogP contribution is -2.12. The third kappa shape index (κ3) is 3.93. The minimum absolute atomic E-state index is 0.115. The number of amides is 1. The molecule has 0 saturated heterocycles. The Labute approximate surface area is 115 Å². The van der Waals surface area contributed by atoms with Crippen molar-refractivity contribution < 1.29 is 4.79 Å². The molecule has 1 heterocycles.